The van der Waals surface area contributed by atoms with E-state index >= 15 is 0 Å². The second kappa shape index (κ2) is 3.88. The molecule has 90 valence electrons. The molecule has 0 spiro atoms. The van der Waals surface area contributed by atoms with Gasteiger partial charge in [0.05, 0.1) is 6.54 Å². The van der Waals surface area contributed by atoms with E-state index in [4.69, 9.17) is 5.73 Å². The highest BCUT2D eigenvalue weighted by Gasteiger charge is 2.29. The fraction of sp³-hybridized carbons (Fsp3) is 0.133. The number of nitrogens with zero attached hydrogens (tertiary/aromatic N) is 1. The molecule has 3 nitrogen and oxygen atoms in total. The molecule has 0 saturated carbocycles. The first-order valence-electron chi connectivity index (χ1n) is 5.93. The summed E-state index contributed by atoms with van der Waals surface area (Å²) in [6, 6.07) is 13.5. The highest BCUT2D eigenvalue weighted by Crippen LogP contribution is 2.31. The van der Waals surface area contributed by atoms with Crippen molar-refractivity contribution in [3.63, 3.8) is 0 Å². The fourth-order valence-electron chi connectivity index (χ4n) is 2.29. The number of carbonyl (C=O) groups is 1. The summed E-state index contributed by atoms with van der Waals surface area (Å²) in [6.45, 7) is 2.59. The van der Waals surface area contributed by atoms with E-state index in [1.807, 2.05) is 49.4 Å². The van der Waals surface area contributed by atoms with Gasteiger partial charge in [-0.25, -0.2) is 0 Å². The van der Waals surface area contributed by atoms with Gasteiger partial charge in [0, 0.05) is 22.5 Å². The Balaban J connectivity index is 2.02. The molecule has 0 bridgehead atoms. The fourth-order valence-corrected chi connectivity index (χ4v) is 2.29. The maximum atomic E-state index is 12.3. The maximum Gasteiger partial charge on any atom is 0.259 e. The summed E-state index contributed by atoms with van der Waals surface area (Å²) >= 11 is 0. The molecule has 3 rings (SSSR count). The lowest BCUT2D eigenvalue weighted by Crippen LogP contribution is -2.22. The summed E-state index contributed by atoms with van der Waals surface area (Å²) in [5.74, 6) is 0.0288. The predicted octanol–water partition coefficient (Wildman–Crippen LogP) is 2.74. The zero-order valence-electron chi connectivity index (χ0n) is 10.2. The van der Waals surface area contributed by atoms with Crippen LogP contribution in [0, 0.1) is 6.92 Å². The Labute approximate surface area is 106 Å². The Kier molecular flexibility index (Phi) is 2.33. The summed E-state index contributed by atoms with van der Waals surface area (Å²) in [5, 5.41) is 0. The first-order valence-corrected chi connectivity index (χ1v) is 5.93. The Morgan fingerprint density at radius 3 is 2.50 bits per heavy atom. The monoisotopic (exact) mass is 238 g/mol. The summed E-state index contributed by atoms with van der Waals surface area (Å²) in [4.78, 5) is 14.1. The van der Waals surface area contributed by atoms with E-state index in [9.17, 15) is 4.79 Å². The molecule has 2 N–H and O–H groups in total. The molecule has 1 heterocycles. The number of fused-ring (bicyclic) bond motifs is 1. The largest absolute Gasteiger partial charge is 0.398 e. The summed E-state index contributed by atoms with van der Waals surface area (Å²) in [7, 11) is 0. The maximum absolute atomic E-state index is 12.3. The van der Waals surface area contributed by atoms with Crippen molar-refractivity contribution in [3.8, 4) is 0 Å². The summed E-state index contributed by atoms with van der Waals surface area (Å²) in [5.41, 5.74) is 10.4. The van der Waals surface area contributed by atoms with Crippen LogP contribution in [0.2, 0.25) is 0 Å². The Morgan fingerprint density at radius 1 is 1.11 bits per heavy atom. The number of carbonyl (C=O) groups excluding carboxylic acids is 1. The normalized spacial score (nSPS) is 13.8. The zero-order chi connectivity index (χ0) is 12.7. The van der Waals surface area contributed by atoms with Gasteiger partial charge in [-0.3, -0.25) is 4.79 Å². The van der Waals surface area contributed by atoms with Gasteiger partial charge in [0.25, 0.3) is 5.91 Å². The van der Waals surface area contributed by atoms with Crippen LogP contribution in [0.1, 0.15) is 21.5 Å². The van der Waals surface area contributed by atoms with Gasteiger partial charge in [0.15, 0.2) is 0 Å². The number of benzene rings is 2. The van der Waals surface area contributed by atoms with Gasteiger partial charge in [-0.1, -0.05) is 23.8 Å². The minimum Gasteiger partial charge on any atom is -0.398 e. The van der Waals surface area contributed by atoms with Crippen LogP contribution in [0.4, 0.5) is 11.4 Å². The van der Waals surface area contributed by atoms with E-state index in [1.54, 1.807) is 4.90 Å². The van der Waals surface area contributed by atoms with E-state index in [0.717, 1.165) is 16.8 Å². The number of anilines is 2. The second-order valence-corrected chi connectivity index (χ2v) is 4.60. The molecule has 0 radical (unpaired) electrons. The van der Waals surface area contributed by atoms with E-state index in [0.29, 0.717) is 12.2 Å². The molecule has 2 aromatic carbocycles. The van der Waals surface area contributed by atoms with Crippen LogP contribution >= 0.6 is 0 Å². The molecule has 0 atom stereocenters. The van der Waals surface area contributed by atoms with E-state index in [2.05, 4.69) is 0 Å². The van der Waals surface area contributed by atoms with Crippen molar-refractivity contribution in [2.75, 3.05) is 10.6 Å². The van der Waals surface area contributed by atoms with Crippen molar-refractivity contribution in [2.24, 2.45) is 0 Å². The quantitative estimate of drug-likeness (QED) is 0.776. The lowest BCUT2D eigenvalue weighted by atomic mass is 10.1. The van der Waals surface area contributed by atoms with Gasteiger partial charge in [-0.2, -0.15) is 0 Å². The van der Waals surface area contributed by atoms with E-state index in [1.165, 1.54) is 5.56 Å². The number of rotatable bonds is 1. The molecule has 0 aromatic heterocycles. The number of hydrogen-bond acceptors (Lipinski definition) is 2. The van der Waals surface area contributed by atoms with Gasteiger partial charge in [0.1, 0.15) is 0 Å². The molecule has 2 aromatic rings. The number of hydrogen-bond donors (Lipinski definition) is 1. The van der Waals surface area contributed by atoms with Crippen molar-refractivity contribution in [3.05, 3.63) is 59.2 Å². The lowest BCUT2D eigenvalue weighted by Gasteiger charge is -2.15. The molecule has 1 amide bonds. The van der Waals surface area contributed by atoms with Gasteiger partial charge in [0.2, 0.25) is 0 Å². The van der Waals surface area contributed by atoms with Crippen LogP contribution in [-0.4, -0.2) is 5.91 Å². The standard InChI is InChI=1S/C15H14N2O/c1-10-5-7-11(8-6-10)17-9-13-12(15(17)18)3-2-4-14(13)16/h2-8H,9,16H2,1H3. The van der Waals surface area contributed by atoms with Crippen molar-refractivity contribution < 1.29 is 4.79 Å². The Hall–Kier alpha value is -2.29. The van der Waals surface area contributed by atoms with Gasteiger partial charge in [-0.05, 0) is 31.2 Å². The molecular weight excluding hydrogens is 224 g/mol. The molecule has 0 unspecified atom stereocenters. The summed E-state index contributed by atoms with van der Waals surface area (Å²) in [6.07, 6.45) is 0. The topological polar surface area (TPSA) is 46.3 Å². The van der Waals surface area contributed by atoms with Crippen LogP contribution in [-0.2, 0) is 6.54 Å². The smallest absolute Gasteiger partial charge is 0.259 e. The van der Waals surface area contributed by atoms with Crippen molar-refractivity contribution in [1.82, 2.24) is 0 Å². The molecule has 1 aliphatic rings. The molecule has 0 fully saturated rings. The third-order valence-corrected chi connectivity index (χ3v) is 3.35. The molecule has 18 heavy (non-hydrogen) atoms. The average molecular weight is 238 g/mol. The van der Waals surface area contributed by atoms with E-state index in [-0.39, 0.29) is 5.91 Å². The average Bonchev–Trinajstić information content (AvgIpc) is 2.70. The highest BCUT2D eigenvalue weighted by atomic mass is 16.2. The van der Waals surface area contributed by atoms with Crippen molar-refractivity contribution in [2.45, 2.75) is 13.5 Å². The Morgan fingerprint density at radius 2 is 1.83 bits per heavy atom. The molecule has 0 aliphatic carbocycles. The zero-order valence-corrected chi connectivity index (χ0v) is 10.2. The second-order valence-electron chi connectivity index (χ2n) is 4.60. The van der Waals surface area contributed by atoms with Crippen LogP contribution in [0.25, 0.3) is 0 Å². The van der Waals surface area contributed by atoms with Gasteiger partial charge >= 0.3 is 0 Å². The number of nitrogens with two attached hydrogens (primary N) is 1. The first kappa shape index (κ1) is 10.8. The molecular formula is C15H14N2O. The molecule has 1 aliphatic heterocycles. The van der Waals surface area contributed by atoms with E-state index < -0.39 is 0 Å². The van der Waals surface area contributed by atoms with Gasteiger partial charge < -0.3 is 10.6 Å². The number of aryl methyl sites for hydroxylation is 1. The first-order chi connectivity index (χ1) is 8.66. The van der Waals surface area contributed by atoms with Crippen molar-refractivity contribution in [1.29, 1.82) is 0 Å². The SMILES string of the molecule is Cc1ccc(N2Cc3c(N)cccc3C2=O)cc1. The third kappa shape index (κ3) is 1.56. The number of amides is 1. The molecule has 3 heteroatoms. The van der Waals surface area contributed by atoms with Crippen LogP contribution < -0.4 is 10.6 Å². The highest BCUT2D eigenvalue weighted by molar-refractivity contribution is 6.11. The number of nitrogen functional groups attached to an aromatic ring is 1. The Bertz CT molecular complexity index is 617. The third-order valence-electron chi connectivity index (χ3n) is 3.35. The minimum absolute atomic E-state index is 0.0288. The lowest BCUT2D eigenvalue weighted by molar-refractivity contribution is 0.0996. The van der Waals surface area contributed by atoms with Gasteiger partial charge in [-0.15, -0.1) is 0 Å². The summed E-state index contributed by atoms with van der Waals surface area (Å²) < 4.78 is 0. The predicted molar refractivity (Wildman–Crippen MR) is 72.5 cm³/mol. The minimum atomic E-state index is 0.0288. The van der Waals surface area contributed by atoms with Crippen LogP contribution in [0.3, 0.4) is 0 Å². The van der Waals surface area contributed by atoms with Crippen LogP contribution in [0.5, 0.6) is 0 Å². The van der Waals surface area contributed by atoms with Crippen LogP contribution in [0.15, 0.2) is 42.5 Å². The molecule has 0 saturated heterocycles. The van der Waals surface area contributed by atoms with Crippen molar-refractivity contribution >= 4 is 17.3 Å².